The van der Waals surface area contributed by atoms with Crippen LogP contribution >= 0.6 is 24.0 Å². The van der Waals surface area contributed by atoms with E-state index in [1.165, 1.54) is 7.11 Å². The number of carboxylic acid groups (broad SMARTS) is 1. The Kier molecular flexibility index (Phi) is 9.56. The van der Waals surface area contributed by atoms with Gasteiger partial charge in [-0.25, -0.2) is 0 Å². The van der Waals surface area contributed by atoms with Crippen LogP contribution in [0.5, 0.6) is 5.75 Å². The van der Waals surface area contributed by atoms with Crippen LogP contribution in [0.4, 0.5) is 5.69 Å². The minimum Gasteiger partial charge on any atom is -0.495 e. The lowest BCUT2D eigenvalue weighted by Crippen LogP contribution is -2.37. The number of hydrogen-bond donors (Lipinski definition) is 2. The molecule has 2 N–H and O–H groups in total. The van der Waals surface area contributed by atoms with E-state index in [-0.39, 0.29) is 31.4 Å². The van der Waals surface area contributed by atoms with Crippen LogP contribution in [-0.4, -0.2) is 48.6 Å². The summed E-state index contributed by atoms with van der Waals surface area (Å²) < 4.78 is 5.14. The fourth-order valence-corrected chi connectivity index (χ4v) is 2.06. The van der Waals surface area contributed by atoms with E-state index in [0.29, 0.717) is 23.0 Å². The summed E-state index contributed by atoms with van der Waals surface area (Å²) in [6.07, 6.45) is 0.765. The van der Waals surface area contributed by atoms with Gasteiger partial charge in [-0.05, 0) is 31.2 Å². The molecule has 0 aliphatic carbocycles. The second kappa shape index (κ2) is 10.3. The van der Waals surface area contributed by atoms with Crippen molar-refractivity contribution in [3.8, 4) is 5.75 Å². The summed E-state index contributed by atoms with van der Waals surface area (Å²) in [7, 11) is 1.49. The highest BCUT2D eigenvalue weighted by atomic mass is 35.5. The van der Waals surface area contributed by atoms with E-state index in [9.17, 15) is 9.59 Å². The number of carboxylic acids is 1. The third-order valence-corrected chi connectivity index (χ3v) is 2.94. The molecule has 124 valence electrons. The summed E-state index contributed by atoms with van der Waals surface area (Å²) in [5, 5.41) is 12.0. The number of ether oxygens (including phenoxy) is 1. The Labute approximate surface area is 140 Å². The molecule has 1 aromatic carbocycles. The number of carbonyl (C=O) groups is 2. The van der Waals surface area contributed by atoms with E-state index in [2.05, 4.69) is 5.32 Å². The first-order chi connectivity index (χ1) is 9.96. The quantitative estimate of drug-likeness (QED) is 0.752. The normalized spacial score (nSPS) is 10.0. The molecule has 0 unspecified atom stereocenters. The summed E-state index contributed by atoms with van der Waals surface area (Å²) in [6, 6.07) is 4.89. The molecule has 0 heterocycles. The number of nitrogens with zero attached hydrogens (tertiary/aromatic N) is 1. The first-order valence-corrected chi connectivity index (χ1v) is 6.91. The first-order valence-electron chi connectivity index (χ1n) is 6.53. The number of aliphatic carboxylic acids is 1. The standard InChI is InChI=1S/C14H19ClN2O4.ClH/c1-3-6-17(9-14(19)20)8-13(18)16-11-7-10(15)4-5-12(11)21-2;/h4-5,7H,3,6,8-9H2,1-2H3,(H,16,18)(H,19,20);1H. The molecule has 6 nitrogen and oxygen atoms in total. The van der Waals surface area contributed by atoms with Gasteiger partial charge in [-0.15, -0.1) is 12.4 Å². The lowest BCUT2D eigenvalue weighted by atomic mass is 10.3. The van der Waals surface area contributed by atoms with Gasteiger partial charge in [0.15, 0.2) is 0 Å². The molecule has 0 aliphatic rings. The van der Waals surface area contributed by atoms with Crippen molar-refractivity contribution in [3.05, 3.63) is 23.2 Å². The Morgan fingerprint density at radius 2 is 2.05 bits per heavy atom. The van der Waals surface area contributed by atoms with Crippen molar-refractivity contribution in [3.63, 3.8) is 0 Å². The van der Waals surface area contributed by atoms with E-state index in [4.69, 9.17) is 21.4 Å². The summed E-state index contributed by atoms with van der Waals surface area (Å²) in [5.74, 6) is -0.783. The predicted octanol–water partition coefficient (Wildman–Crippen LogP) is 2.51. The summed E-state index contributed by atoms with van der Waals surface area (Å²) in [4.78, 5) is 24.3. The molecule has 0 saturated heterocycles. The molecule has 0 atom stereocenters. The van der Waals surface area contributed by atoms with Crippen molar-refractivity contribution in [2.45, 2.75) is 13.3 Å². The fraction of sp³-hybridized carbons (Fsp3) is 0.429. The summed E-state index contributed by atoms with van der Waals surface area (Å²) in [6.45, 7) is 2.28. The highest BCUT2D eigenvalue weighted by Crippen LogP contribution is 2.27. The van der Waals surface area contributed by atoms with Crippen LogP contribution in [0, 0.1) is 0 Å². The van der Waals surface area contributed by atoms with Gasteiger partial charge in [-0.1, -0.05) is 18.5 Å². The van der Waals surface area contributed by atoms with Crippen LogP contribution < -0.4 is 10.1 Å². The van der Waals surface area contributed by atoms with E-state index < -0.39 is 5.97 Å². The van der Waals surface area contributed by atoms with E-state index in [1.807, 2.05) is 6.92 Å². The molecule has 1 amide bonds. The number of methoxy groups -OCH3 is 1. The average Bonchev–Trinajstić information content (AvgIpc) is 2.38. The molecule has 0 aromatic heterocycles. The highest BCUT2D eigenvalue weighted by Gasteiger charge is 2.15. The van der Waals surface area contributed by atoms with Crippen molar-refractivity contribution < 1.29 is 19.4 Å². The Balaban J connectivity index is 0.00000441. The van der Waals surface area contributed by atoms with Crippen molar-refractivity contribution >= 4 is 41.6 Å². The number of benzene rings is 1. The van der Waals surface area contributed by atoms with Crippen LogP contribution in [-0.2, 0) is 9.59 Å². The maximum atomic E-state index is 12.0. The minimum atomic E-state index is -0.961. The fourth-order valence-electron chi connectivity index (χ4n) is 1.89. The van der Waals surface area contributed by atoms with Gasteiger partial charge in [-0.2, -0.15) is 0 Å². The molecule has 8 heteroatoms. The molecular formula is C14H20Cl2N2O4. The zero-order valence-corrected chi connectivity index (χ0v) is 14.0. The SMILES string of the molecule is CCCN(CC(=O)O)CC(=O)Nc1cc(Cl)ccc1OC.Cl. The van der Waals surface area contributed by atoms with Gasteiger partial charge >= 0.3 is 5.97 Å². The molecule has 0 bridgehead atoms. The molecule has 22 heavy (non-hydrogen) atoms. The van der Waals surface area contributed by atoms with Crippen LogP contribution in [0.2, 0.25) is 5.02 Å². The van der Waals surface area contributed by atoms with E-state index in [1.54, 1.807) is 23.1 Å². The van der Waals surface area contributed by atoms with Crippen LogP contribution in [0.25, 0.3) is 0 Å². The van der Waals surface area contributed by atoms with Crippen LogP contribution in [0.15, 0.2) is 18.2 Å². The zero-order chi connectivity index (χ0) is 15.8. The number of nitrogens with one attached hydrogen (secondary N) is 1. The molecule has 0 spiro atoms. The molecule has 0 fully saturated rings. The van der Waals surface area contributed by atoms with Gasteiger partial charge in [0, 0.05) is 5.02 Å². The number of halogens is 2. The molecular weight excluding hydrogens is 331 g/mol. The second-order valence-electron chi connectivity index (χ2n) is 4.50. The Morgan fingerprint density at radius 3 is 2.59 bits per heavy atom. The molecule has 1 aromatic rings. The maximum Gasteiger partial charge on any atom is 0.317 e. The lowest BCUT2D eigenvalue weighted by molar-refractivity contribution is -0.138. The van der Waals surface area contributed by atoms with Crippen LogP contribution in [0.1, 0.15) is 13.3 Å². The largest absolute Gasteiger partial charge is 0.495 e. The predicted molar refractivity (Wildman–Crippen MR) is 88.2 cm³/mol. The summed E-state index contributed by atoms with van der Waals surface area (Å²) >= 11 is 5.89. The van der Waals surface area contributed by atoms with Crippen molar-refractivity contribution in [2.75, 3.05) is 32.1 Å². The molecule has 0 aliphatic heterocycles. The van der Waals surface area contributed by atoms with Crippen molar-refractivity contribution in [1.29, 1.82) is 0 Å². The topological polar surface area (TPSA) is 78.9 Å². The van der Waals surface area contributed by atoms with E-state index in [0.717, 1.165) is 6.42 Å². The van der Waals surface area contributed by atoms with Gasteiger partial charge < -0.3 is 15.2 Å². The van der Waals surface area contributed by atoms with Gasteiger partial charge in [-0.3, -0.25) is 14.5 Å². The summed E-state index contributed by atoms with van der Waals surface area (Å²) in [5.41, 5.74) is 0.460. The van der Waals surface area contributed by atoms with Gasteiger partial charge in [0.25, 0.3) is 0 Å². The van der Waals surface area contributed by atoms with Gasteiger partial charge in [0.1, 0.15) is 5.75 Å². The smallest absolute Gasteiger partial charge is 0.317 e. The number of hydrogen-bond acceptors (Lipinski definition) is 4. The molecule has 0 radical (unpaired) electrons. The van der Waals surface area contributed by atoms with Crippen molar-refractivity contribution in [1.82, 2.24) is 4.90 Å². The molecule has 1 rings (SSSR count). The number of carbonyl (C=O) groups excluding carboxylic acids is 1. The monoisotopic (exact) mass is 350 g/mol. The molecule has 0 saturated carbocycles. The average molecular weight is 351 g/mol. The number of anilines is 1. The van der Waals surface area contributed by atoms with Gasteiger partial charge in [0.05, 0.1) is 25.9 Å². The minimum absolute atomic E-state index is 0. The Morgan fingerprint density at radius 1 is 1.36 bits per heavy atom. The maximum absolute atomic E-state index is 12.0. The number of rotatable bonds is 8. The Hall–Kier alpha value is -1.50. The number of amides is 1. The zero-order valence-electron chi connectivity index (χ0n) is 12.5. The van der Waals surface area contributed by atoms with Crippen LogP contribution in [0.3, 0.4) is 0 Å². The van der Waals surface area contributed by atoms with Crippen molar-refractivity contribution in [2.24, 2.45) is 0 Å². The third-order valence-electron chi connectivity index (χ3n) is 2.70. The van der Waals surface area contributed by atoms with E-state index >= 15 is 0 Å². The Bertz CT molecular complexity index is 512. The second-order valence-corrected chi connectivity index (χ2v) is 4.93. The van der Waals surface area contributed by atoms with Gasteiger partial charge in [0.2, 0.25) is 5.91 Å². The third kappa shape index (κ3) is 6.98. The lowest BCUT2D eigenvalue weighted by Gasteiger charge is -2.19. The first kappa shape index (κ1) is 20.5. The highest BCUT2D eigenvalue weighted by molar-refractivity contribution is 6.31.